The van der Waals surface area contributed by atoms with E-state index in [1.54, 1.807) is 36.7 Å². The van der Waals surface area contributed by atoms with Gasteiger partial charge in [0, 0.05) is 30.4 Å². The van der Waals surface area contributed by atoms with Gasteiger partial charge in [-0.1, -0.05) is 24.3 Å². The molecule has 0 fully saturated rings. The second kappa shape index (κ2) is 7.67. The summed E-state index contributed by atoms with van der Waals surface area (Å²) < 4.78 is 31.0. The number of hydrogen-bond acceptors (Lipinski definition) is 4. The minimum absolute atomic E-state index is 0.171. The highest BCUT2D eigenvalue weighted by Crippen LogP contribution is 2.25. The Morgan fingerprint density at radius 2 is 1.75 bits per heavy atom. The molecule has 2 aromatic carbocycles. The van der Waals surface area contributed by atoms with Crippen molar-refractivity contribution in [2.24, 2.45) is 0 Å². The van der Waals surface area contributed by atoms with Crippen molar-refractivity contribution in [2.75, 3.05) is 5.32 Å². The molecule has 0 atom stereocenters. The Bertz CT molecular complexity index is 915. The molecule has 124 valence electrons. The lowest BCUT2D eigenvalue weighted by Gasteiger charge is -2.07. The molecule has 24 heavy (non-hydrogen) atoms. The van der Waals surface area contributed by atoms with Crippen LogP contribution in [0.1, 0.15) is 6.92 Å². The lowest BCUT2D eigenvalue weighted by molar-refractivity contribution is -0.114. The van der Waals surface area contributed by atoms with Crippen molar-refractivity contribution in [3.05, 3.63) is 67.0 Å². The molecular weight excluding hydrogens is 328 g/mol. The fourth-order valence-corrected chi connectivity index (χ4v) is 2.55. The number of fused-ring (bicyclic) bond motifs is 1. The molecule has 0 saturated carbocycles. The van der Waals surface area contributed by atoms with Crippen LogP contribution in [0.2, 0.25) is 0 Å². The highest BCUT2D eigenvalue weighted by atomic mass is 32.2. The predicted octanol–water partition coefficient (Wildman–Crippen LogP) is 3.13. The topological polar surface area (TPSA) is 96.4 Å². The summed E-state index contributed by atoms with van der Waals surface area (Å²) >= 11 is 0. The third kappa shape index (κ3) is 4.87. The van der Waals surface area contributed by atoms with Crippen molar-refractivity contribution in [1.29, 1.82) is 0 Å². The maximum atomic E-state index is 11.0. The summed E-state index contributed by atoms with van der Waals surface area (Å²) in [6.45, 7) is 1.39. The number of rotatable bonds is 2. The lowest BCUT2D eigenvalue weighted by atomic mass is 10.1. The monoisotopic (exact) mass is 344 g/mol. The van der Waals surface area contributed by atoms with Gasteiger partial charge in [0.1, 0.15) is 0 Å². The van der Waals surface area contributed by atoms with Crippen LogP contribution in [0.25, 0.3) is 10.8 Å². The van der Waals surface area contributed by atoms with Crippen molar-refractivity contribution in [3.8, 4) is 0 Å². The van der Waals surface area contributed by atoms with E-state index in [-0.39, 0.29) is 10.8 Å². The van der Waals surface area contributed by atoms with Crippen molar-refractivity contribution >= 4 is 32.5 Å². The Kier molecular flexibility index (Phi) is 5.62. The molecule has 0 bridgehead atoms. The van der Waals surface area contributed by atoms with Gasteiger partial charge in [0.25, 0.3) is 10.1 Å². The minimum Gasteiger partial charge on any atom is -0.326 e. The Morgan fingerprint density at radius 3 is 2.25 bits per heavy atom. The number of benzene rings is 2. The summed E-state index contributed by atoms with van der Waals surface area (Å²) in [6, 6.07) is 15.0. The van der Waals surface area contributed by atoms with Crippen LogP contribution in [0.3, 0.4) is 0 Å². The fourth-order valence-electron chi connectivity index (χ4n) is 2.03. The van der Waals surface area contributed by atoms with Crippen LogP contribution in [0.5, 0.6) is 0 Å². The SMILES string of the molecule is CC(=O)Nc1cccc2cc(S(=O)(=O)O)ccc12.c1ccncc1. The van der Waals surface area contributed by atoms with Crippen LogP contribution < -0.4 is 5.32 Å². The summed E-state index contributed by atoms with van der Waals surface area (Å²) in [5.41, 5.74) is 0.599. The van der Waals surface area contributed by atoms with E-state index in [0.29, 0.717) is 16.5 Å². The lowest BCUT2D eigenvalue weighted by Crippen LogP contribution is -2.06. The molecular formula is C17H16N2O4S. The zero-order chi connectivity index (χ0) is 17.6. The Balaban J connectivity index is 0.000000292. The third-order valence-electron chi connectivity index (χ3n) is 3.03. The van der Waals surface area contributed by atoms with E-state index in [2.05, 4.69) is 10.3 Å². The van der Waals surface area contributed by atoms with Crippen LogP contribution in [0.15, 0.2) is 71.9 Å². The standard InChI is InChI=1S/C12H11NO4S.C5H5N/c1-8(14)13-12-4-2-3-9-7-10(18(15,16)17)5-6-11(9)12;1-2-4-6-5-3-1/h2-7H,1H3,(H,13,14)(H,15,16,17);1-5H. The first-order chi connectivity index (χ1) is 11.4. The van der Waals surface area contributed by atoms with Gasteiger partial charge in [0.15, 0.2) is 0 Å². The molecule has 0 spiro atoms. The normalized spacial score (nSPS) is 10.6. The molecule has 3 aromatic rings. The quantitative estimate of drug-likeness (QED) is 0.696. The van der Waals surface area contributed by atoms with Gasteiger partial charge >= 0.3 is 0 Å². The molecule has 0 radical (unpaired) electrons. The number of anilines is 1. The first-order valence-corrected chi connectivity index (χ1v) is 8.45. The van der Waals surface area contributed by atoms with Gasteiger partial charge in [-0.25, -0.2) is 0 Å². The average molecular weight is 344 g/mol. The molecule has 1 heterocycles. The maximum absolute atomic E-state index is 11.0. The first-order valence-electron chi connectivity index (χ1n) is 7.01. The summed E-state index contributed by atoms with van der Waals surface area (Å²) in [6.07, 6.45) is 3.50. The van der Waals surface area contributed by atoms with Crippen molar-refractivity contribution in [1.82, 2.24) is 4.98 Å². The summed E-state index contributed by atoms with van der Waals surface area (Å²) in [7, 11) is -4.22. The van der Waals surface area contributed by atoms with Gasteiger partial charge in [-0.15, -0.1) is 0 Å². The van der Waals surface area contributed by atoms with E-state index >= 15 is 0 Å². The Hall–Kier alpha value is -2.77. The number of amides is 1. The molecule has 2 N–H and O–H groups in total. The van der Waals surface area contributed by atoms with E-state index in [0.717, 1.165) is 0 Å². The van der Waals surface area contributed by atoms with Crippen molar-refractivity contribution < 1.29 is 17.8 Å². The van der Waals surface area contributed by atoms with Crippen molar-refractivity contribution in [3.63, 3.8) is 0 Å². The van der Waals surface area contributed by atoms with Gasteiger partial charge in [-0.05, 0) is 35.7 Å². The Labute approximate surface area is 139 Å². The van der Waals surface area contributed by atoms with E-state index in [4.69, 9.17) is 4.55 Å². The highest BCUT2D eigenvalue weighted by Gasteiger charge is 2.11. The molecule has 0 aliphatic carbocycles. The molecule has 0 aliphatic heterocycles. The summed E-state index contributed by atoms with van der Waals surface area (Å²) in [4.78, 5) is 14.6. The maximum Gasteiger partial charge on any atom is 0.294 e. The van der Waals surface area contributed by atoms with Crippen LogP contribution in [-0.4, -0.2) is 23.9 Å². The highest BCUT2D eigenvalue weighted by molar-refractivity contribution is 7.85. The van der Waals surface area contributed by atoms with Gasteiger partial charge in [-0.2, -0.15) is 8.42 Å². The molecule has 0 saturated heterocycles. The number of pyridine rings is 1. The van der Waals surface area contributed by atoms with Gasteiger partial charge < -0.3 is 5.32 Å². The number of carbonyl (C=O) groups excluding carboxylic acids is 1. The second-order valence-corrected chi connectivity index (χ2v) is 6.29. The van der Waals surface area contributed by atoms with Crippen LogP contribution in [-0.2, 0) is 14.9 Å². The number of nitrogens with one attached hydrogen (secondary N) is 1. The van der Waals surface area contributed by atoms with E-state index in [1.165, 1.54) is 19.1 Å². The molecule has 0 unspecified atom stereocenters. The molecule has 0 aliphatic rings. The van der Waals surface area contributed by atoms with Gasteiger partial charge in [0.05, 0.1) is 4.90 Å². The number of aromatic nitrogens is 1. The van der Waals surface area contributed by atoms with E-state index in [1.807, 2.05) is 18.2 Å². The smallest absolute Gasteiger partial charge is 0.294 e. The number of carbonyl (C=O) groups is 1. The molecule has 7 heteroatoms. The molecule has 1 amide bonds. The molecule has 6 nitrogen and oxygen atoms in total. The van der Waals surface area contributed by atoms with Gasteiger partial charge in [0.2, 0.25) is 5.91 Å². The first kappa shape index (κ1) is 17.6. The predicted molar refractivity (Wildman–Crippen MR) is 92.3 cm³/mol. The average Bonchev–Trinajstić information content (AvgIpc) is 2.55. The fraction of sp³-hybridized carbons (Fsp3) is 0.0588. The summed E-state index contributed by atoms with van der Waals surface area (Å²) in [5, 5.41) is 3.99. The van der Waals surface area contributed by atoms with Crippen LogP contribution >= 0.6 is 0 Å². The largest absolute Gasteiger partial charge is 0.326 e. The number of nitrogens with zero attached hydrogens (tertiary/aromatic N) is 1. The molecule has 1 aromatic heterocycles. The number of hydrogen-bond donors (Lipinski definition) is 2. The van der Waals surface area contributed by atoms with Gasteiger partial charge in [-0.3, -0.25) is 14.3 Å². The van der Waals surface area contributed by atoms with E-state index in [9.17, 15) is 13.2 Å². The van der Waals surface area contributed by atoms with Crippen LogP contribution in [0, 0.1) is 0 Å². The third-order valence-corrected chi connectivity index (χ3v) is 3.88. The second-order valence-electron chi connectivity index (χ2n) is 4.87. The summed E-state index contributed by atoms with van der Waals surface area (Å²) in [5.74, 6) is -0.207. The Morgan fingerprint density at radius 1 is 1.04 bits per heavy atom. The van der Waals surface area contributed by atoms with E-state index < -0.39 is 10.1 Å². The molecule has 3 rings (SSSR count). The van der Waals surface area contributed by atoms with Crippen molar-refractivity contribution in [2.45, 2.75) is 11.8 Å². The zero-order valence-electron chi connectivity index (χ0n) is 12.9. The minimum atomic E-state index is -4.22. The zero-order valence-corrected chi connectivity index (χ0v) is 13.7. The van der Waals surface area contributed by atoms with Crippen LogP contribution in [0.4, 0.5) is 5.69 Å².